The molecule has 0 spiro atoms. The number of hydrogen-bond acceptors (Lipinski definition) is 0. The predicted molar refractivity (Wildman–Crippen MR) is 71.6 cm³/mol. The Bertz CT molecular complexity index is 350. The molecular weight excluding hydrogens is 204 g/mol. The summed E-state index contributed by atoms with van der Waals surface area (Å²) in [6.07, 6.45) is 7.92. The monoisotopic (exact) mass is 232 g/mol. The lowest BCUT2D eigenvalue weighted by Crippen LogP contribution is -2.45. The molecule has 7 atom stereocenters. The highest BCUT2D eigenvalue weighted by Gasteiger charge is 2.67. The predicted octanol–water partition coefficient (Wildman–Crippen LogP) is 4.74. The fourth-order valence-electron chi connectivity index (χ4n) is 6.78. The lowest BCUT2D eigenvalue weighted by molar-refractivity contribution is -0.0297. The largest absolute Gasteiger partial charge is 0.0596 e. The zero-order valence-electron chi connectivity index (χ0n) is 12.0. The van der Waals surface area contributed by atoms with E-state index in [9.17, 15) is 0 Å². The molecule has 0 heteroatoms. The van der Waals surface area contributed by atoms with Crippen LogP contribution in [0.3, 0.4) is 0 Å². The van der Waals surface area contributed by atoms with Crippen LogP contribution < -0.4 is 0 Å². The van der Waals surface area contributed by atoms with E-state index in [1.807, 2.05) is 0 Å². The van der Waals surface area contributed by atoms with E-state index in [1.54, 1.807) is 32.1 Å². The topological polar surface area (TPSA) is 0 Å². The van der Waals surface area contributed by atoms with Crippen molar-refractivity contribution in [1.29, 1.82) is 0 Å². The van der Waals surface area contributed by atoms with Crippen LogP contribution in [0.15, 0.2) is 0 Å². The fraction of sp³-hybridized carbons (Fsp3) is 1.00. The summed E-state index contributed by atoms with van der Waals surface area (Å²) in [4.78, 5) is 0. The molecule has 4 rings (SSSR count). The van der Waals surface area contributed by atoms with Crippen molar-refractivity contribution in [3.63, 3.8) is 0 Å². The van der Waals surface area contributed by atoms with Crippen molar-refractivity contribution in [3.05, 3.63) is 0 Å². The van der Waals surface area contributed by atoms with Gasteiger partial charge in [-0.05, 0) is 78.4 Å². The molecule has 4 fully saturated rings. The molecule has 4 bridgehead atoms. The highest BCUT2D eigenvalue weighted by Crippen LogP contribution is 2.74. The van der Waals surface area contributed by atoms with Crippen LogP contribution in [-0.4, -0.2) is 0 Å². The quantitative estimate of drug-likeness (QED) is 0.529. The number of fused-ring (bicyclic) bond motifs is 9. The highest BCUT2D eigenvalue weighted by atomic mass is 14.7. The maximum atomic E-state index is 2.62. The van der Waals surface area contributed by atoms with E-state index in [0.29, 0.717) is 10.8 Å². The van der Waals surface area contributed by atoms with Crippen molar-refractivity contribution in [2.24, 2.45) is 46.3 Å². The molecule has 0 aromatic rings. The van der Waals surface area contributed by atoms with Gasteiger partial charge in [0, 0.05) is 0 Å². The summed E-state index contributed by atoms with van der Waals surface area (Å²) in [7, 11) is 0. The van der Waals surface area contributed by atoms with Gasteiger partial charge in [-0.15, -0.1) is 0 Å². The minimum absolute atomic E-state index is 0.513. The van der Waals surface area contributed by atoms with Crippen LogP contribution >= 0.6 is 0 Å². The number of hydrogen-bond donors (Lipinski definition) is 0. The smallest absolute Gasteiger partial charge is 0.0243 e. The van der Waals surface area contributed by atoms with Gasteiger partial charge in [0.05, 0.1) is 0 Å². The van der Waals surface area contributed by atoms with Gasteiger partial charge in [0.2, 0.25) is 0 Å². The van der Waals surface area contributed by atoms with E-state index in [0.717, 1.165) is 29.6 Å². The van der Waals surface area contributed by atoms with Crippen molar-refractivity contribution in [2.75, 3.05) is 0 Å². The standard InChI is InChI=1S/C17H28/c1-16(2,3)17(4)9-12-8-13(17)15-11-6-5-10(7-11)14(12)15/h10-15H,5-9H2,1-4H3. The highest BCUT2D eigenvalue weighted by molar-refractivity contribution is 5.15. The summed E-state index contributed by atoms with van der Waals surface area (Å²) in [5.41, 5.74) is 1.16. The van der Waals surface area contributed by atoms with Crippen LogP contribution in [0.2, 0.25) is 0 Å². The van der Waals surface area contributed by atoms with E-state index in [4.69, 9.17) is 0 Å². The molecule has 0 aromatic heterocycles. The second-order valence-corrected chi connectivity index (χ2v) is 8.96. The van der Waals surface area contributed by atoms with Gasteiger partial charge in [-0.25, -0.2) is 0 Å². The van der Waals surface area contributed by atoms with E-state index in [1.165, 1.54) is 5.92 Å². The van der Waals surface area contributed by atoms with Crippen molar-refractivity contribution >= 4 is 0 Å². The maximum absolute atomic E-state index is 2.62. The molecule has 0 nitrogen and oxygen atoms in total. The minimum atomic E-state index is 0.513. The molecule has 17 heavy (non-hydrogen) atoms. The molecule has 4 aliphatic rings. The molecule has 0 heterocycles. The van der Waals surface area contributed by atoms with Crippen LogP contribution in [0.1, 0.15) is 59.8 Å². The molecule has 0 saturated heterocycles. The Morgan fingerprint density at radius 1 is 0.882 bits per heavy atom. The van der Waals surface area contributed by atoms with Crippen LogP contribution in [0, 0.1) is 46.3 Å². The Morgan fingerprint density at radius 3 is 2.18 bits per heavy atom. The first-order valence-electron chi connectivity index (χ1n) is 7.92. The Balaban J connectivity index is 1.72. The Kier molecular flexibility index (Phi) is 1.88. The summed E-state index contributed by atoms with van der Waals surface area (Å²) in [5, 5.41) is 0. The molecule has 0 amide bonds. The first-order valence-corrected chi connectivity index (χ1v) is 7.92. The summed E-state index contributed by atoms with van der Waals surface area (Å²) in [5.74, 6) is 6.81. The second-order valence-electron chi connectivity index (χ2n) is 8.96. The maximum Gasteiger partial charge on any atom is -0.0243 e. The third kappa shape index (κ3) is 1.12. The average molecular weight is 232 g/mol. The van der Waals surface area contributed by atoms with Gasteiger partial charge >= 0.3 is 0 Å². The van der Waals surface area contributed by atoms with Crippen molar-refractivity contribution in [1.82, 2.24) is 0 Å². The lowest BCUT2D eigenvalue weighted by atomic mass is 9.53. The lowest BCUT2D eigenvalue weighted by Gasteiger charge is -2.51. The second kappa shape index (κ2) is 2.94. The summed E-state index contributed by atoms with van der Waals surface area (Å²) < 4.78 is 0. The van der Waals surface area contributed by atoms with Crippen LogP contribution in [0.4, 0.5) is 0 Å². The first kappa shape index (κ1) is 10.9. The molecule has 4 aliphatic carbocycles. The van der Waals surface area contributed by atoms with Crippen LogP contribution in [0.25, 0.3) is 0 Å². The molecule has 0 aliphatic heterocycles. The Hall–Kier alpha value is 0. The van der Waals surface area contributed by atoms with Gasteiger partial charge in [-0.3, -0.25) is 0 Å². The summed E-state index contributed by atoms with van der Waals surface area (Å²) >= 11 is 0. The third-order valence-corrected chi connectivity index (χ3v) is 7.83. The van der Waals surface area contributed by atoms with Crippen LogP contribution in [0.5, 0.6) is 0 Å². The van der Waals surface area contributed by atoms with Crippen molar-refractivity contribution in [2.45, 2.75) is 59.8 Å². The Morgan fingerprint density at radius 2 is 1.53 bits per heavy atom. The molecule has 96 valence electrons. The first-order chi connectivity index (χ1) is 7.92. The Labute approximate surface area is 107 Å². The zero-order valence-corrected chi connectivity index (χ0v) is 12.0. The minimum Gasteiger partial charge on any atom is -0.0596 e. The van der Waals surface area contributed by atoms with Gasteiger partial charge in [-0.2, -0.15) is 0 Å². The van der Waals surface area contributed by atoms with Crippen molar-refractivity contribution < 1.29 is 0 Å². The van der Waals surface area contributed by atoms with E-state index < -0.39 is 0 Å². The molecule has 4 saturated carbocycles. The van der Waals surface area contributed by atoms with E-state index in [-0.39, 0.29) is 0 Å². The SMILES string of the molecule is CC(C)(C)C1(C)CC2CC1C1C3CCC(C3)C21. The normalized spacial score (nSPS) is 60.0. The van der Waals surface area contributed by atoms with Gasteiger partial charge in [0.25, 0.3) is 0 Å². The summed E-state index contributed by atoms with van der Waals surface area (Å²) in [6.45, 7) is 10.1. The molecule has 0 aromatic carbocycles. The molecule has 0 N–H and O–H groups in total. The van der Waals surface area contributed by atoms with Crippen molar-refractivity contribution in [3.8, 4) is 0 Å². The van der Waals surface area contributed by atoms with Crippen LogP contribution in [-0.2, 0) is 0 Å². The van der Waals surface area contributed by atoms with E-state index in [2.05, 4.69) is 27.7 Å². The van der Waals surface area contributed by atoms with E-state index >= 15 is 0 Å². The summed E-state index contributed by atoms with van der Waals surface area (Å²) in [6, 6.07) is 0. The molecule has 7 unspecified atom stereocenters. The molecule has 0 radical (unpaired) electrons. The fourth-order valence-corrected chi connectivity index (χ4v) is 6.78. The third-order valence-electron chi connectivity index (χ3n) is 7.83. The number of rotatable bonds is 0. The van der Waals surface area contributed by atoms with Gasteiger partial charge < -0.3 is 0 Å². The average Bonchev–Trinajstić information content (AvgIpc) is 2.91. The van der Waals surface area contributed by atoms with Gasteiger partial charge in [0.1, 0.15) is 0 Å². The zero-order chi connectivity index (χ0) is 12.0. The van der Waals surface area contributed by atoms with Gasteiger partial charge in [-0.1, -0.05) is 27.7 Å². The van der Waals surface area contributed by atoms with Gasteiger partial charge in [0.15, 0.2) is 0 Å². The molecular formula is C17H28.